The molecule has 1 aromatic heterocycles. The Morgan fingerprint density at radius 3 is 2.67 bits per heavy atom. The van der Waals surface area contributed by atoms with Crippen molar-refractivity contribution in [2.45, 2.75) is 12.8 Å². The predicted molar refractivity (Wildman–Crippen MR) is 78.9 cm³/mol. The third kappa shape index (κ3) is 2.61. The Morgan fingerprint density at radius 2 is 2.00 bits per heavy atom. The van der Waals surface area contributed by atoms with Crippen LogP contribution in [-0.4, -0.2) is 21.7 Å². The normalized spacial score (nSPS) is 10.7. The highest BCUT2D eigenvalue weighted by Gasteiger charge is 2.13. The highest BCUT2D eigenvalue weighted by molar-refractivity contribution is 7.98. The van der Waals surface area contributed by atoms with E-state index in [1.165, 1.54) is 4.68 Å². The van der Waals surface area contributed by atoms with Gasteiger partial charge in [0.15, 0.2) is 5.82 Å². The lowest BCUT2D eigenvalue weighted by molar-refractivity contribution is 0.905. The minimum Gasteiger partial charge on any atom is -0.382 e. The first kappa shape index (κ1) is 12.8. The average molecular weight is 262 g/mol. The van der Waals surface area contributed by atoms with Crippen molar-refractivity contribution >= 4 is 17.6 Å². The molecule has 0 aliphatic heterocycles. The molecule has 1 heterocycles. The van der Waals surface area contributed by atoms with E-state index in [4.69, 9.17) is 11.6 Å². The van der Waals surface area contributed by atoms with Gasteiger partial charge in [0.2, 0.25) is 0 Å². The summed E-state index contributed by atoms with van der Waals surface area (Å²) in [6, 6.07) is 9.87. The molecule has 5 heteroatoms. The average Bonchev–Trinajstić information content (AvgIpc) is 2.68. The lowest BCUT2D eigenvalue weighted by atomic mass is 10.2. The third-order valence-corrected chi connectivity index (χ3v) is 3.52. The third-order valence-electron chi connectivity index (χ3n) is 2.82. The van der Waals surface area contributed by atoms with Crippen LogP contribution >= 0.6 is 11.8 Å². The number of anilines is 1. The fraction of sp³-hybridized carbons (Fsp3) is 0.308. The molecule has 0 aliphatic carbocycles. The molecule has 96 valence electrons. The number of nitrogens with two attached hydrogens (primary N) is 2. The van der Waals surface area contributed by atoms with Crippen molar-refractivity contribution < 1.29 is 0 Å². The zero-order valence-corrected chi connectivity index (χ0v) is 11.3. The summed E-state index contributed by atoms with van der Waals surface area (Å²) in [6.45, 7) is 0. The molecular formula is C13H18N4S. The first-order chi connectivity index (χ1) is 8.74. The molecule has 0 unspecified atom stereocenters. The predicted octanol–water partition coefficient (Wildman–Crippen LogP) is 2.14. The summed E-state index contributed by atoms with van der Waals surface area (Å²) >= 11 is 1.83. The van der Waals surface area contributed by atoms with Gasteiger partial charge in [-0.15, -0.1) is 0 Å². The monoisotopic (exact) mass is 262 g/mol. The van der Waals surface area contributed by atoms with E-state index in [9.17, 15) is 0 Å². The van der Waals surface area contributed by atoms with Crippen molar-refractivity contribution in [2.24, 2.45) is 0 Å². The van der Waals surface area contributed by atoms with Crippen LogP contribution in [0.1, 0.15) is 12.1 Å². The molecule has 0 radical (unpaired) electrons. The summed E-state index contributed by atoms with van der Waals surface area (Å²) in [5.41, 5.74) is 7.87. The van der Waals surface area contributed by atoms with Gasteiger partial charge in [0.25, 0.3) is 0 Å². The zero-order valence-electron chi connectivity index (χ0n) is 10.5. The highest BCUT2D eigenvalue weighted by Crippen LogP contribution is 2.22. The maximum absolute atomic E-state index is 5.99. The van der Waals surface area contributed by atoms with Gasteiger partial charge in [-0.3, -0.25) is 0 Å². The first-order valence-corrected chi connectivity index (χ1v) is 7.30. The van der Waals surface area contributed by atoms with Gasteiger partial charge in [-0.2, -0.15) is 11.8 Å². The second kappa shape index (κ2) is 5.82. The van der Waals surface area contributed by atoms with Crippen LogP contribution in [0.3, 0.4) is 0 Å². The van der Waals surface area contributed by atoms with Crippen LogP contribution in [0.15, 0.2) is 30.3 Å². The van der Waals surface area contributed by atoms with Gasteiger partial charge in [0.1, 0.15) is 5.82 Å². The number of hydrogen-bond acceptors (Lipinski definition) is 4. The van der Waals surface area contributed by atoms with Crippen LogP contribution in [0.25, 0.3) is 11.4 Å². The van der Waals surface area contributed by atoms with Crippen LogP contribution in [0.2, 0.25) is 0 Å². The van der Waals surface area contributed by atoms with Crippen molar-refractivity contribution in [3.63, 3.8) is 0 Å². The van der Waals surface area contributed by atoms with E-state index in [1.54, 1.807) is 0 Å². The summed E-state index contributed by atoms with van der Waals surface area (Å²) < 4.78 is 1.48. The second-order valence-electron chi connectivity index (χ2n) is 4.10. The number of aryl methyl sites for hydroxylation is 1. The molecule has 0 amide bonds. The van der Waals surface area contributed by atoms with Gasteiger partial charge in [-0.05, 0) is 24.9 Å². The van der Waals surface area contributed by atoms with Crippen molar-refractivity contribution in [2.75, 3.05) is 23.6 Å². The Morgan fingerprint density at radius 1 is 1.28 bits per heavy atom. The van der Waals surface area contributed by atoms with Crippen LogP contribution in [0.5, 0.6) is 0 Å². The maximum atomic E-state index is 5.99. The molecule has 0 aliphatic rings. The number of hydrogen-bond donors (Lipinski definition) is 2. The summed E-state index contributed by atoms with van der Waals surface area (Å²) in [7, 11) is 0. The summed E-state index contributed by atoms with van der Waals surface area (Å²) in [5, 5.41) is 0. The van der Waals surface area contributed by atoms with Crippen molar-refractivity contribution in [3.8, 4) is 11.4 Å². The smallest absolute Gasteiger partial charge is 0.160 e. The van der Waals surface area contributed by atoms with Crippen molar-refractivity contribution in [3.05, 3.63) is 36.0 Å². The minimum atomic E-state index is 0.565. The molecule has 4 nitrogen and oxygen atoms in total. The second-order valence-corrected chi connectivity index (χ2v) is 5.09. The van der Waals surface area contributed by atoms with Gasteiger partial charge in [-0.1, -0.05) is 30.3 Å². The molecule has 0 atom stereocenters. The molecule has 0 bridgehead atoms. The van der Waals surface area contributed by atoms with Gasteiger partial charge in [0.05, 0.1) is 5.69 Å². The van der Waals surface area contributed by atoms with E-state index in [0.717, 1.165) is 35.7 Å². The van der Waals surface area contributed by atoms with Gasteiger partial charge < -0.3 is 11.6 Å². The van der Waals surface area contributed by atoms with Crippen LogP contribution in [0.4, 0.5) is 5.82 Å². The Balaban J connectivity index is 2.25. The quantitative estimate of drug-likeness (QED) is 0.640. The Hall–Kier alpha value is -1.62. The van der Waals surface area contributed by atoms with E-state index >= 15 is 0 Å². The van der Waals surface area contributed by atoms with Crippen LogP contribution in [0, 0.1) is 0 Å². The molecule has 0 fully saturated rings. The molecule has 2 aromatic rings. The summed E-state index contributed by atoms with van der Waals surface area (Å²) in [4.78, 5) is 4.56. The number of nitrogen functional groups attached to an aromatic ring is 2. The topological polar surface area (TPSA) is 69.9 Å². The lowest BCUT2D eigenvalue weighted by Crippen LogP contribution is -2.13. The molecule has 2 rings (SSSR count). The molecular weight excluding hydrogens is 244 g/mol. The minimum absolute atomic E-state index is 0.565. The fourth-order valence-electron chi connectivity index (χ4n) is 1.85. The summed E-state index contributed by atoms with van der Waals surface area (Å²) in [6.07, 6.45) is 4.04. The van der Waals surface area contributed by atoms with E-state index in [1.807, 2.05) is 42.1 Å². The number of benzene rings is 1. The molecule has 0 saturated heterocycles. The van der Waals surface area contributed by atoms with Crippen molar-refractivity contribution in [1.82, 2.24) is 9.66 Å². The number of aromatic nitrogens is 2. The van der Waals surface area contributed by atoms with E-state index in [-0.39, 0.29) is 0 Å². The van der Waals surface area contributed by atoms with Crippen molar-refractivity contribution in [1.29, 1.82) is 0 Å². The van der Waals surface area contributed by atoms with E-state index in [2.05, 4.69) is 11.2 Å². The van der Waals surface area contributed by atoms with Gasteiger partial charge in [-0.25, -0.2) is 9.66 Å². The number of imidazole rings is 1. The Bertz CT molecular complexity index is 507. The standard InChI is InChI=1S/C13H18N4S/c1-18-9-5-8-11-12(14)17(15)13(16-11)10-6-3-2-4-7-10/h2-4,6-7H,5,8-9,14-15H2,1H3. The highest BCUT2D eigenvalue weighted by atomic mass is 32.2. The molecule has 0 saturated carbocycles. The van der Waals surface area contributed by atoms with Gasteiger partial charge in [0, 0.05) is 5.56 Å². The van der Waals surface area contributed by atoms with Crippen LogP contribution < -0.4 is 11.6 Å². The first-order valence-electron chi connectivity index (χ1n) is 5.90. The zero-order chi connectivity index (χ0) is 13.0. The lowest BCUT2D eigenvalue weighted by Gasteiger charge is -2.02. The summed E-state index contributed by atoms with van der Waals surface area (Å²) in [5.74, 6) is 8.37. The van der Waals surface area contributed by atoms with E-state index < -0.39 is 0 Å². The molecule has 18 heavy (non-hydrogen) atoms. The molecule has 4 N–H and O–H groups in total. The molecule has 1 aromatic carbocycles. The maximum Gasteiger partial charge on any atom is 0.160 e. The fourth-order valence-corrected chi connectivity index (χ4v) is 2.28. The van der Waals surface area contributed by atoms with E-state index in [0.29, 0.717) is 5.82 Å². The number of thioether (sulfide) groups is 1. The van der Waals surface area contributed by atoms with Crippen LogP contribution in [-0.2, 0) is 6.42 Å². The van der Waals surface area contributed by atoms with Gasteiger partial charge >= 0.3 is 0 Å². The SMILES string of the molecule is CSCCCc1nc(-c2ccccc2)n(N)c1N. The number of nitrogens with zero attached hydrogens (tertiary/aromatic N) is 2. The molecule has 0 spiro atoms. The largest absolute Gasteiger partial charge is 0.382 e. The Kier molecular flexibility index (Phi) is 4.15. The Labute approximate surface area is 111 Å². The number of rotatable bonds is 5.